The zero-order valence-corrected chi connectivity index (χ0v) is 18.8. The van der Waals surface area contributed by atoms with Crippen LogP contribution < -0.4 is 16.2 Å². The largest absolute Gasteiger partial charge is 0.395 e. The number of pyridine rings is 2. The average Bonchev–Trinajstić information content (AvgIpc) is 2.82. The lowest BCUT2D eigenvalue weighted by Crippen LogP contribution is -2.31. The molecular formula is C23H26N8O2. The van der Waals surface area contributed by atoms with E-state index in [2.05, 4.69) is 51.3 Å². The van der Waals surface area contributed by atoms with E-state index in [0.29, 0.717) is 34.2 Å². The Bertz CT molecular complexity index is 1300. The highest BCUT2D eigenvalue weighted by Gasteiger charge is 2.20. The van der Waals surface area contributed by atoms with Crippen molar-refractivity contribution in [2.75, 3.05) is 17.2 Å². The minimum atomic E-state index is -0.274. The van der Waals surface area contributed by atoms with Gasteiger partial charge in [-0.3, -0.25) is 9.78 Å². The van der Waals surface area contributed by atoms with E-state index < -0.39 is 0 Å². The molecule has 0 atom stereocenters. The summed E-state index contributed by atoms with van der Waals surface area (Å²) in [5.41, 5.74) is 0.874. The first-order chi connectivity index (χ1) is 15.9. The first-order valence-electron chi connectivity index (χ1n) is 10.7. The molecule has 0 aromatic carbocycles. The maximum absolute atomic E-state index is 13.1. The Balaban J connectivity index is 1.76. The molecular weight excluding hydrogens is 420 g/mol. The van der Waals surface area contributed by atoms with Crippen molar-refractivity contribution in [1.82, 2.24) is 29.5 Å². The number of anilines is 3. The molecule has 170 valence electrons. The van der Waals surface area contributed by atoms with Crippen molar-refractivity contribution >= 4 is 28.4 Å². The van der Waals surface area contributed by atoms with E-state index in [1.54, 1.807) is 37.2 Å². The molecule has 4 aromatic rings. The summed E-state index contributed by atoms with van der Waals surface area (Å²) in [7, 11) is 0. The molecule has 4 heterocycles. The van der Waals surface area contributed by atoms with Gasteiger partial charge in [-0.2, -0.15) is 0 Å². The van der Waals surface area contributed by atoms with E-state index in [1.165, 1.54) is 4.57 Å². The van der Waals surface area contributed by atoms with Crippen molar-refractivity contribution in [1.29, 1.82) is 0 Å². The van der Waals surface area contributed by atoms with Gasteiger partial charge in [0.2, 0.25) is 5.95 Å². The summed E-state index contributed by atoms with van der Waals surface area (Å²) in [5, 5.41) is 16.9. The average molecular weight is 447 g/mol. The number of aromatic nitrogens is 6. The fourth-order valence-corrected chi connectivity index (χ4v) is 3.24. The summed E-state index contributed by atoms with van der Waals surface area (Å²) in [5.74, 6) is 1.42. The first-order valence-corrected chi connectivity index (χ1v) is 10.7. The van der Waals surface area contributed by atoms with Gasteiger partial charge in [0.1, 0.15) is 5.82 Å². The van der Waals surface area contributed by atoms with Gasteiger partial charge in [0, 0.05) is 48.6 Å². The van der Waals surface area contributed by atoms with Crippen LogP contribution in [0, 0.1) is 0 Å². The molecule has 4 aromatic heterocycles. The fraction of sp³-hybridized carbons (Fsp3) is 0.304. The SMILES string of the molecule is CCC(C)(C)Nc1nc(-c2cnc(Nc3cnccn3)nc2)cc2ccn(CCO)c(=O)c12. The fourth-order valence-electron chi connectivity index (χ4n) is 3.24. The Morgan fingerprint density at radius 2 is 1.91 bits per heavy atom. The second kappa shape index (κ2) is 9.29. The lowest BCUT2D eigenvalue weighted by atomic mass is 10.0. The Morgan fingerprint density at radius 1 is 1.12 bits per heavy atom. The number of aliphatic hydroxyl groups excluding tert-OH is 1. The van der Waals surface area contributed by atoms with Crippen LogP contribution in [0.4, 0.5) is 17.6 Å². The van der Waals surface area contributed by atoms with Gasteiger partial charge in [-0.1, -0.05) is 6.92 Å². The van der Waals surface area contributed by atoms with Crippen LogP contribution in [0.3, 0.4) is 0 Å². The van der Waals surface area contributed by atoms with Crippen LogP contribution in [-0.2, 0) is 6.54 Å². The van der Waals surface area contributed by atoms with E-state index in [1.807, 2.05) is 12.1 Å². The van der Waals surface area contributed by atoms with E-state index in [4.69, 9.17) is 4.98 Å². The molecule has 33 heavy (non-hydrogen) atoms. The summed E-state index contributed by atoms with van der Waals surface area (Å²) in [6, 6.07) is 3.70. The first kappa shape index (κ1) is 22.3. The summed E-state index contributed by atoms with van der Waals surface area (Å²) in [6.45, 7) is 6.28. The van der Waals surface area contributed by atoms with Gasteiger partial charge in [0.15, 0.2) is 5.82 Å². The van der Waals surface area contributed by atoms with Crippen molar-refractivity contribution in [3.05, 3.63) is 59.7 Å². The topological polar surface area (TPSA) is 131 Å². The smallest absolute Gasteiger partial charge is 0.262 e. The molecule has 0 aliphatic carbocycles. The third-order valence-electron chi connectivity index (χ3n) is 5.39. The normalized spacial score (nSPS) is 11.5. The lowest BCUT2D eigenvalue weighted by Gasteiger charge is -2.26. The van der Waals surface area contributed by atoms with Crippen LogP contribution in [0.15, 0.2) is 54.1 Å². The molecule has 3 N–H and O–H groups in total. The maximum atomic E-state index is 13.1. The van der Waals surface area contributed by atoms with E-state index >= 15 is 0 Å². The molecule has 0 radical (unpaired) electrons. The predicted molar refractivity (Wildman–Crippen MR) is 127 cm³/mol. The van der Waals surface area contributed by atoms with E-state index in [9.17, 15) is 9.90 Å². The zero-order chi connectivity index (χ0) is 23.4. The summed E-state index contributed by atoms with van der Waals surface area (Å²) in [4.78, 5) is 34.8. The van der Waals surface area contributed by atoms with Crippen LogP contribution in [0.1, 0.15) is 27.2 Å². The van der Waals surface area contributed by atoms with Crippen molar-refractivity contribution in [2.45, 2.75) is 39.3 Å². The van der Waals surface area contributed by atoms with Gasteiger partial charge >= 0.3 is 0 Å². The van der Waals surface area contributed by atoms with Gasteiger partial charge in [-0.15, -0.1) is 0 Å². The Hall–Kier alpha value is -3.92. The van der Waals surface area contributed by atoms with Crippen molar-refractivity contribution in [2.24, 2.45) is 0 Å². The van der Waals surface area contributed by atoms with Crippen LogP contribution in [-0.4, -0.2) is 46.7 Å². The second-order valence-electron chi connectivity index (χ2n) is 8.23. The van der Waals surface area contributed by atoms with Crippen molar-refractivity contribution in [3.8, 4) is 11.3 Å². The molecule has 0 amide bonds. The maximum Gasteiger partial charge on any atom is 0.262 e. The minimum absolute atomic E-state index is 0.119. The van der Waals surface area contributed by atoms with Gasteiger partial charge in [0.25, 0.3) is 5.56 Å². The van der Waals surface area contributed by atoms with E-state index in [0.717, 1.165) is 11.8 Å². The van der Waals surface area contributed by atoms with Crippen LogP contribution in [0.2, 0.25) is 0 Å². The highest BCUT2D eigenvalue weighted by Crippen LogP contribution is 2.28. The quantitative estimate of drug-likeness (QED) is 0.374. The molecule has 0 bridgehead atoms. The molecule has 0 fully saturated rings. The van der Waals surface area contributed by atoms with Crippen LogP contribution in [0.25, 0.3) is 22.0 Å². The second-order valence-corrected chi connectivity index (χ2v) is 8.23. The van der Waals surface area contributed by atoms with Crippen molar-refractivity contribution < 1.29 is 5.11 Å². The molecule has 0 spiro atoms. The standard InChI is InChI=1S/C23H26N8O2/c1-4-23(2,3)30-20-19-15(5-8-31(9-10-32)21(19)33)11-17(28-20)16-12-26-22(27-13-16)29-18-14-24-6-7-25-18/h5-8,11-14,32H,4,9-10H2,1-3H3,(H,28,30)(H,25,26,27,29). The summed E-state index contributed by atoms with van der Waals surface area (Å²) in [6.07, 6.45) is 10.6. The van der Waals surface area contributed by atoms with Gasteiger partial charge < -0.3 is 20.3 Å². The Kier molecular flexibility index (Phi) is 6.27. The summed E-state index contributed by atoms with van der Waals surface area (Å²) < 4.78 is 1.49. The summed E-state index contributed by atoms with van der Waals surface area (Å²) >= 11 is 0. The third-order valence-corrected chi connectivity index (χ3v) is 5.39. The van der Waals surface area contributed by atoms with Gasteiger partial charge in [-0.05, 0) is 37.8 Å². The number of rotatable bonds is 8. The molecule has 0 aliphatic heterocycles. The molecule has 4 rings (SSSR count). The zero-order valence-electron chi connectivity index (χ0n) is 18.8. The molecule has 0 unspecified atom stereocenters. The van der Waals surface area contributed by atoms with Gasteiger partial charge in [0.05, 0.1) is 23.9 Å². The number of fused-ring (bicyclic) bond motifs is 1. The van der Waals surface area contributed by atoms with Gasteiger partial charge in [-0.25, -0.2) is 19.9 Å². The number of nitrogens with one attached hydrogen (secondary N) is 2. The molecule has 0 aliphatic rings. The van der Waals surface area contributed by atoms with Crippen molar-refractivity contribution in [3.63, 3.8) is 0 Å². The Labute approximate surface area is 190 Å². The number of hydrogen-bond donors (Lipinski definition) is 3. The lowest BCUT2D eigenvalue weighted by molar-refractivity contribution is 0.274. The van der Waals surface area contributed by atoms with Crippen LogP contribution >= 0.6 is 0 Å². The monoisotopic (exact) mass is 446 g/mol. The molecule has 10 heteroatoms. The molecule has 0 saturated carbocycles. The number of hydrogen-bond acceptors (Lipinski definition) is 9. The minimum Gasteiger partial charge on any atom is -0.395 e. The highest BCUT2D eigenvalue weighted by molar-refractivity contribution is 5.94. The number of aliphatic hydroxyl groups is 1. The third kappa shape index (κ3) is 4.96. The van der Waals surface area contributed by atoms with E-state index in [-0.39, 0.29) is 24.2 Å². The van der Waals surface area contributed by atoms with Crippen LogP contribution in [0.5, 0.6) is 0 Å². The Morgan fingerprint density at radius 3 is 2.58 bits per heavy atom. The molecule has 0 saturated heterocycles. The predicted octanol–water partition coefficient (Wildman–Crippen LogP) is 2.98. The highest BCUT2D eigenvalue weighted by atomic mass is 16.3. The number of nitrogens with zero attached hydrogens (tertiary/aromatic N) is 6. The molecule has 10 nitrogen and oxygen atoms in total.